The molecule has 0 bridgehead atoms. The van der Waals surface area contributed by atoms with Crippen molar-refractivity contribution < 1.29 is 13.2 Å². The minimum Gasteiger partial charge on any atom is -0.356 e. The molecule has 1 saturated heterocycles. The van der Waals surface area contributed by atoms with E-state index in [1.54, 1.807) is 30.1 Å². The Bertz CT molecular complexity index is 940. The van der Waals surface area contributed by atoms with E-state index in [1.807, 2.05) is 18.2 Å². The zero-order valence-corrected chi connectivity index (χ0v) is 17.0. The molecular weight excluding hydrogens is 374 g/mol. The third-order valence-corrected chi connectivity index (χ3v) is 8.05. The zero-order valence-electron chi connectivity index (χ0n) is 16.2. The number of hydrogen-bond acceptors (Lipinski definition) is 3. The molecule has 6 nitrogen and oxygen atoms in total. The van der Waals surface area contributed by atoms with Crippen LogP contribution >= 0.6 is 0 Å². The molecule has 0 unspecified atom stereocenters. The summed E-state index contributed by atoms with van der Waals surface area (Å²) in [6.45, 7) is 0.765. The van der Waals surface area contributed by atoms with Gasteiger partial charge >= 0.3 is 0 Å². The van der Waals surface area contributed by atoms with Crippen molar-refractivity contribution in [3.8, 4) is 0 Å². The number of nitrogens with one attached hydrogen (secondary N) is 1. The molecular formula is C21H27N3O3S. The molecule has 150 valence electrons. The van der Waals surface area contributed by atoms with Gasteiger partial charge in [-0.15, -0.1) is 0 Å². The number of hydrogen-bond donors (Lipinski definition) is 1. The summed E-state index contributed by atoms with van der Waals surface area (Å²) in [7, 11) is -1.68. The second kappa shape index (κ2) is 7.37. The monoisotopic (exact) mass is 401 g/mol. The van der Waals surface area contributed by atoms with Gasteiger partial charge in [-0.05, 0) is 43.7 Å². The molecule has 0 atom stereocenters. The minimum atomic E-state index is -3.48. The quantitative estimate of drug-likeness (QED) is 0.837. The van der Waals surface area contributed by atoms with Gasteiger partial charge in [0.1, 0.15) is 0 Å². The highest BCUT2D eigenvalue weighted by Gasteiger charge is 2.42. The number of benzene rings is 1. The van der Waals surface area contributed by atoms with Crippen LogP contribution < -0.4 is 5.32 Å². The lowest BCUT2D eigenvalue weighted by atomic mass is 9.71. The number of aromatic nitrogens is 1. The topological polar surface area (TPSA) is 71.4 Å². The lowest BCUT2D eigenvalue weighted by molar-refractivity contribution is -0.129. The molecule has 0 spiro atoms. The summed E-state index contributed by atoms with van der Waals surface area (Å²) in [6, 6.07) is 11.8. The van der Waals surface area contributed by atoms with Crippen LogP contribution in [0.3, 0.4) is 0 Å². The molecule has 1 aliphatic heterocycles. The number of aryl methyl sites for hydroxylation is 1. The molecule has 1 aromatic carbocycles. The van der Waals surface area contributed by atoms with Crippen LogP contribution in [0.2, 0.25) is 0 Å². The van der Waals surface area contributed by atoms with E-state index in [9.17, 15) is 13.2 Å². The van der Waals surface area contributed by atoms with Crippen LogP contribution in [0.4, 0.5) is 0 Å². The Morgan fingerprint density at radius 3 is 2.32 bits per heavy atom. The van der Waals surface area contributed by atoms with E-state index in [0.29, 0.717) is 30.8 Å². The largest absolute Gasteiger partial charge is 0.356 e. The molecule has 1 amide bonds. The van der Waals surface area contributed by atoms with Gasteiger partial charge in [0.25, 0.3) is 0 Å². The SMILES string of the molecule is Cn1ccc(S(=O)(=O)N2CCC(C(=O)NC3(c4ccccc4)CCC3)CC2)c1. The first-order valence-electron chi connectivity index (χ1n) is 9.90. The first-order chi connectivity index (χ1) is 13.4. The van der Waals surface area contributed by atoms with Gasteiger partial charge in [-0.2, -0.15) is 4.31 Å². The Morgan fingerprint density at radius 1 is 1.11 bits per heavy atom. The summed E-state index contributed by atoms with van der Waals surface area (Å²) in [5.41, 5.74) is 0.921. The van der Waals surface area contributed by atoms with E-state index < -0.39 is 10.0 Å². The van der Waals surface area contributed by atoms with Gasteiger partial charge in [0.05, 0.1) is 10.4 Å². The first-order valence-corrected chi connectivity index (χ1v) is 11.3. The zero-order chi connectivity index (χ0) is 19.8. The fraction of sp³-hybridized carbons (Fsp3) is 0.476. The summed E-state index contributed by atoms with van der Waals surface area (Å²) >= 11 is 0. The van der Waals surface area contributed by atoms with E-state index >= 15 is 0 Å². The van der Waals surface area contributed by atoms with Crippen molar-refractivity contribution in [1.29, 1.82) is 0 Å². The number of carbonyl (C=O) groups excluding carboxylic acids is 1. The number of amides is 1. The second-order valence-corrected chi connectivity index (χ2v) is 9.92. The maximum Gasteiger partial charge on any atom is 0.244 e. The Morgan fingerprint density at radius 2 is 1.79 bits per heavy atom. The predicted octanol–water partition coefficient (Wildman–Crippen LogP) is 2.62. The molecule has 28 heavy (non-hydrogen) atoms. The molecule has 2 fully saturated rings. The van der Waals surface area contributed by atoms with Gasteiger partial charge in [0.2, 0.25) is 15.9 Å². The molecule has 1 N–H and O–H groups in total. The number of nitrogens with zero attached hydrogens (tertiary/aromatic N) is 2. The lowest BCUT2D eigenvalue weighted by Gasteiger charge is -2.44. The van der Waals surface area contributed by atoms with E-state index in [2.05, 4.69) is 17.4 Å². The van der Waals surface area contributed by atoms with Gasteiger partial charge < -0.3 is 9.88 Å². The number of carbonyl (C=O) groups is 1. The highest BCUT2D eigenvalue weighted by Crippen LogP contribution is 2.41. The van der Waals surface area contributed by atoms with Gasteiger partial charge in [0, 0.05) is 38.4 Å². The average molecular weight is 402 g/mol. The second-order valence-electron chi connectivity index (χ2n) is 7.98. The summed E-state index contributed by atoms with van der Waals surface area (Å²) in [6.07, 6.45) is 7.51. The van der Waals surface area contributed by atoms with Gasteiger partial charge in [-0.25, -0.2) is 8.42 Å². The van der Waals surface area contributed by atoms with Gasteiger partial charge in [-0.3, -0.25) is 4.79 Å². The van der Waals surface area contributed by atoms with Crippen molar-refractivity contribution in [1.82, 2.24) is 14.2 Å². The maximum atomic E-state index is 12.9. The van der Waals surface area contributed by atoms with E-state index in [0.717, 1.165) is 19.3 Å². The average Bonchev–Trinajstić information content (AvgIpc) is 3.12. The van der Waals surface area contributed by atoms with Crippen molar-refractivity contribution in [2.24, 2.45) is 13.0 Å². The first kappa shape index (κ1) is 19.2. The van der Waals surface area contributed by atoms with Crippen LogP contribution in [0.25, 0.3) is 0 Å². The third kappa shape index (κ3) is 3.49. The third-order valence-electron chi connectivity index (χ3n) is 6.16. The molecule has 2 aliphatic rings. The van der Waals surface area contributed by atoms with Gasteiger partial charge in [0.15, 0.2) is 0 Å². The Balaban J connectivity index is 1.39. The van der Waals surface area contributed by atoms with Crippen molar-refractivity contribution in [2.45, 2.75) is 42.5 Å². The standard InChI is InChI=1S/C21H27N3O3S/c1-23-13-10-19(16-23)28(26,27)24-14-8-17(9-15-24)20(25)22-21(11-5-12-21)18-6-3-2-4-7-18/h2-4,6-7,10,13,16-17H,5,8-9,11-12,14-15H2,1H3,(H,22,25). The summed E-state index contributed by atoms with van der Waals surface area (Å²) in [5.74, 6) is -0.0799. The lowest BCUT2D eigenvalue weighted by Crippen LogP contribution is -2.53. The normalized spacial score (nSPS) is 20.5. The highest BCUT2D eigenvalue weighted by molar-refractivity contribution is 7.89. The van der Waals surface area contributed by atoms with Gasteiger partial charge in [-0.1, -0.05) is 30.3 Å². The molecule has 1 aliphatic carbocycles. The van der Waals surface area contributed by atoms with Crippen molar-refractivity contribution in [3.05, 3.63) is 54.4 Å². The predicted molar refractivity (Wildman–Crippen MR) is 107 cm³/mol. The smallest absolute Gasteiger partial charge is 0.244 e. The van der Waals surface area contributed by atoms with Crippen LogP contribution in [-0.2, 0) is 27.4 Å². The van der Waals surface area contributed by atoms with Crippen LogP contribution in [0.1, 0.15) is 37.7 Å². The van der Waals surface area contributed by atoms with E-state index in [1.165, 1.54) is 9.87 Å². The molecule has 2 aromatic rings. The Hall–Kier alpha value is -2.12. The van der Waals surface area contributed by atoms with Crippen LogP contribution in [0, 0.1) is 5.92 Å². The molecule has 4 rings (SSSR count). The van der Waals surface area contributed by atoms with Crippen LogP contribution in [0.5, 0.6) is 0 Å². The molecule has 1 saturated carbocycles. The van der Waals surface area contributed by atoms with Crippen molar-refractivity contribution in [3.63, 3.8) is 0 Å². The number of rotatable bonds is 5. The molecule has 7 heteroatoms. The van der Waals surface area contributed by atoms with Crippen molar-refractivity contribution >= 4 is 15.9 Å². The maximum absolute atomic E-state index is 12.9. The Labute approximate surface area is 166 Å². The van der Waals surface area contributed by atoms with Crippen molar-refractivity contribution in [2.75, 3.05) is 13.1 Å². The number of piperidine rings is 1. The summed E-state index contributed by atoms with van der Waals surface area (Å²) < 4.78 is 28.8. The minimum absolute atomic E-state index is 0.0558. The summed E-state index contributed by atoms with van der Waals surface area (Å²) in [4.78, 5) is 13.2. The molecule has 2 heterocycles. The summed E-state index contributed by atoms with van der Waals surface area (Å²) in [5, 5.41) is 3.29. The van der Waals surface area contributed by atoms with E-state index in [-0.39, 0.29) is 17.4 Å². The number of sulfonamides is 1. The fourth-order valence-electron chi connectivity index (χ4n) is 4.25. The molecule has 0 radical (unpaired) electrons. The Kier molecular flexibility index (Phi) is 5.05. The fourth-order valence-corrected chi connectivity index (χ4v) is 5.77. The highest BCUT2D eigenvalue weighted by atomic mass is 32.2. The van der Waals surface area contributed by atoms with E-state index in [4.69, 9.17) is 0 Å². The van der Waals surface area contributed by atoms with Crippen LogP contribution in [0.15, 0.2) is 53.7 Å². The molecule has 1 aromatic heterocycles. The van der Waals surface area contributed by atoms with Crippen LogP contribution in [-0.4, -0.2) is 36.3 Å².